The fourth-order valence-electron chi connectivity index (χ4n) is 2.27. The van der Waals surface area contributed by atoms with Crippen LogP contribution in [-0.2, 0) is 4.74 Å². The number of benzene rings is 1. The number of carbonyl (C=O) groups excluding carboxylic acids is 1. The second-order valence-electron chi connectivity index (χ2n) is 4.86. The van der Waals surface area contributed by atoms with Crippen molar-refractivity contribution in [2.45, 2.75) is 25.9 Å². The molecule has 2 rings (SSSR count). The quantitative estimate of drug-likeness (QED) is 0.617. The molecule has 1 saturated heterocycles. The molecular formula is C14H19N3O4. The number of rotatable bonds is 6. The summed E-state index contributed by atoms with van der Waals surface area (Å²) in [5.41, 5.74) is 0.589. The van der Waals surface area contributed by atoms with Crippen molar-refractivity contribution < 1.29 is 14.5 Å². The monoisotopic (exact) mass is 293 g/mol. The Bertz CT molecular complexity index is 527. The first-order valence-corrected chi connectivity index (χ1v) is 7.04. The topological polar surface area (TPSA) is 93.5 Å². The summed E-state index contributed by atoms with van der Waals surface area (Å²) in [4.78, 5) is 22.4. The summed E-state index contributed by atoms with van der Waals surface area (Å²) in [6, 6.07) is 4.44. The van der Waals surface area contributed by atoms with E-state index in [1.807, 2.05) is 0 Å². The van der Waals surface area contributed by atoms with Crippen LogP contribution in [0.4, 0.5) is 11.4 Å². The van der Waals surface area contributed by atoms with Crippen molar-refractivity contribution >= 4 is 17.3 Å². The maximum absolute atomic E-state index is 11.7. The Morgan fingerprint density at radius 2 is 2.33 bits per heavy atom. The van der Waals surface area contributed by atoms with Gasteiger partial charge in [0.15, 0.2) is 0 Å². The number of hydrogen-bond acceptors (Lipinski definition) is 5. The van der Waals surface area contributed by atoms with Crippen LogP contribution in [0.1, 0.15) is 30.1 Å². The van der Waals surface area contributed by atoms with Crippen LogP contribution in [0.15, 0.2) is 18.2 Å². The van der Waals surface area contributed by atoms with Gasteiger partial charge in [-0.15, -0.1) is 0 Å². The SMILES string of the molecule is CCNC(=O)c1ccc(NCC2CCCO2)c([N+](=O)[O-])c1. The number of carbonyl (C=O) groups is 1. The molecule has 1 aliphatic rings. The average molecular weight is 293 g/mol. The van der Waals surface area contributed by atoms with Gasteiger partial charge >= 0.3 is 0 Å². The zero-order valence-electron chi connectivity index (χ0n) is 11.9. The highest BCUT2D eigenvalue weighted by molar-refractivity contribution is 5.95. The van der Waals surface area contributed by atoms with E-state index in [2.05, 4.69) is 10.6 Å². The summed E-state index contributed by atoms with van der Waals surface area (Å²) >= 11 is 0. The molecule has 0 saturated carbocycles. The van der Waals surface area contributed by atoms with Gasteiger partial charge in [-0.3, -0.25) is 14.9 Å². The van der Waals surface area contributed by atoms with Gasteiger partial charge in [0.05, 0.1) is 11.0 Å². The third kappa shape index (κ3) is 3.91. The molecule has 1 aromatic rings. The number of nitro benzene ring substituents is 1. The van der Waals surface area contributed by atoms with Crippen molar-refractivity contribution in [2.24, 2.45) is 0 Å². The molecule has 7 nitrogen and oxygen atoms in total. The molecule has 1 amide bonds. The number of nitrogens with zero attached hydrogens (tertiary/aromatic N) is 1. The van der Waals surface area contributed by atoms with E-state index in [1.165, 1.54) is 6.07 Å². The van der Waals surface area contributed by atoms with Crippen LogP contribution in [-0.4, -0.2) is 36.6 Å². The van der Waals surface area contributed by atoms with Crippen molar-refractivity contribution in [2.75, 3.05) is 25.0 Å². The molecule has 21 heavy (non-hydrogen) atoms. The molecule has 114 valence electrons. The fourth-order valence-corrected chi connectivity index (χ4v) is 2.27. The molecule has 1 atom stereocenters. The smallest absolute Gasteiger partial charge is 0.293 e. The molecular weight excluding hydrogens is 274 g/mol. The van der Waals surface area contributed by atoms with Gasteiger partial charge in [0.2, 0.25) is 0 Å². The van der Waals surface area contributed by atoms with Gasteiger partial charge < -0.3 is 15.4 Å². The predicted octanol–water partition coefficient (Wildman–Crippen LogP) is 1.94. The summed E-state index contributed by atoms with van der Waals surface area (Å²) in [7, 11) is 0. The van der Waals surface area contributed by atoms with E-state index >= 15 is 0 Å². The number of anilines is 1. The number of nitrogens with one attached hydrogen (secondary N) is 2. The lowest BCUT2D eigenvalue weighted by molar-refractivity contribution is -0.384. The Labute approximate surface area is 122 Å². The van der Waals surface area contributed by atoms with Gasteiger partial charge in [0.25, 0.3) is 11.6 Å². The van der Waals surface area contributed by atoms with E-state index in [-0.39, 0.29) is 23.3 Å². The number of nitro groups is 1. The Balaban J connectivity index is 2.12. The van der Waals surface area contributed by atoms with Crippen LogP contribution < -0.4 is 10.6 Å². The molecule has 1 aromatic carbocycles. The average Bonchev–Trinajstić information content (AvgIpc) is 2.98. The normalized spacial score (nSPS) is 17.5. The third-order valence-electron chi connectivity index (χ3n) is 3.34. The van der Waals surface area contributed by atoms with Crippen molar-refractivity contribution in [1.82, 2.24) is 5.32 Å². The van der Waals surface area contributed by atoms with E-state index in [1.54, 1.807) is 19.1 Å². The highest BCUT2D eigenvalue weighted by Crippen LogP contribution is 2.26. The van der Waals surface area contributed by atoms with Crippen molar-refractivity contribution in [3.8, 4) is 0 Å². The lowest BCUT2D eigenvalue weighted by Gasteiger charge is -2.12. The minimum absolute atomic E-state index is 0.0904. The van der Waals surface area contributed by atoms with Crippen molar-refractivity contribution in [3.63, 3.8) is 0 Å². The van der Waals surface area contributed by atoms with Crippen LogP contribution in [0, 0.1) is 10.1 Å². The molecule has 0 spiro atoms. The second-order valence-corrected chi connectivity index (χ2v) is 4.86. The Hall–Kier alpha value is -2.15. The molecule has 0 radical (unpaired) electrons. The van der Waals surface area contributed by atoms with Crippen LogP contribution in [0.2, 0.25) is 0 Å². The maximum atomic E-state index is 11.7. The van der Waals surface area contributed by atoms with Gasteiger partial charge in [-0.1, -0.05) is 0 Å². The van der Waals surface area contributed by atoms with E-state index in [9.17, 15) is 14.9 Å². The fraction of sp³-hybridized carbons (Fsp3) is 0.500. The molecule has 1 aliphatic heterocycles. The van der Waals surface area contributed by atoms with Crippen LogP contribution >= 0.6 is 0 Å². The molecule has 1 unspecified atom stereocenters. The van der Waals surface area contributed by atoms with Crippen LogP contribution in [0.5, 0.6) is 0 Å². The highest BCUT2D eigenvalue weighted by atomic mass is 16.6. The summed E-state index contributed by atoms with van der Waals surface area (Å²) in [6.07, 6.45) is 2.06. The zero-order chi connectivity index (χ0) is 15.2. The molecule has 7 heteroatoms. The molecule has 2 N–H and O–H groups in total. The summed E-state index contributed by atoms with van der Waals surface area (Å²) in [6.45, 7) is 3.54. The molecule has 0 aliphatic carbocycles. The summed E-state index contributed by atoms with van der Waals surface area (Å²) in [5.74, 6) is -0.314. The maximum Gasteiger partial charge on any atom is 0.293 e. The first kappa shape index (κ1) is 15.2. The van der Waals surface area contributed by atoms with Crippen LogP contribution in [0.3, 0.4) is 0 Å². The van der Waals surface area contributed by atoms with Gasteiger partial charge in [0.1, 0.15) is 5.69 Å². The number of amides is 1. The first-order chi connectivity index (χ1) is 10.1. The van der Waals surface area contributed by atoms with E-state index in [4.69, 9.17) is 4.74 Å². The standard InChI is InChI=1S/C14H19N3O4/c1-2-15-14(18)10-5-6-12(13(8-10)17(19)20)16-9-11-4-3-7-21-11/h5-6,8,11,16H,2-4,7,9H2,1H3,(H,15,18). The minimum atomic E-state index is -0.486. The lowest BCUT2D eigenvalue weighted by Crippen LogP contribution is -2.23. The molecule has 1 fully saturated rings. The molecule has 1 heterocycles. The minimum Gasteiger partial charge on any atom is -0.377 e. The zero-order valence-corrected chi connectivity index (χ0v) is 11.9. The Morgan fingerprint density at radius 3 is 2.95 bits per heavy atom. The van der Waals surface area contributed by atoms with Gasteiger partial charge in [-0.2, -0.15) is 0 Å². The lowest BCUT2D eigenvalue weighted by atomic mass is 10.1. The Kier molecular flexibility index (Phi) is 5.10. The highest BCUT2D eigenvalue weighted by Gasteiger charge is 2.20. The van der Waals surface area contributed by atoms with E-state index < -0.39 is 4.92 Å². The van der Waals surface area contributed by atoms with Gasteiger partial charge in [-0.05, 0) is 31.9 Å². The predicted molar refractivity (Wildman–Crippen MR) is 78.6 cm³/mol. The van der Waals surface area contributed by atoms with Crippen molar-refractivity contribution in [3.05, 3.63) is 33.9 Å². The first-order valence-electron chi connectivity index (χ1n) is 7.04. The second kappa shape index (κ2) is 7.03. The number of hydrogen-bond donors (Lipinski definition) is 2. The Morgan fingerprint density at radius 1 is 1.52 bits per heavy atom. The van der Waals surface area contributed by atoms with Crippen molar-refractivity contribution in [1.29, 1.82) is 0 Å². The summed E-state index contributed by atoms with van der Waals surface area (Å²) in [5, 5.41) is 16.8. The molecule has 0 bridgehead atoms. The van der Waals surface area contributed by atoms with Gasteiger partial charge in [-0.25, -0.2) is 0 Å². The third-order valence-corrected chi connectivity index (χ3v) is 3.34. The summed E-state index contributed by atoms with van der Waals surface area (Å²) < 4.78 is 5.47. The van der Waals surface area contributed by atoms with E-state index in [0.29, 0.717) is 18.8 Å². The van der Waals surface area contributed by atoms with E-state index in [0.717, 1.165) is 19.4 Å². The van der Waals surface area contributed by atoms with Crippen LogP contribution in [0.25, 0.3) is 0 Å². The largest absolute Gasteiger partial charge is 0.377 e. The number of ether oxygens (including phenoxy) is 1. The molecule has 0 aromatic heterocycles. The van der Waals surface area contributed by atoms with Gasteiger partial charge in [0, 0.05) is 31.3 Å².